The van der Waals surface area contributed by atoms with Crippen molar-refractivity contribution in [1.29, 1.82) is 0 Å². The van der Waals surface area contributed by atoms with Gasteiger partial charge >= 0.3 is 0 Å². The maximum atomic E-state index is 8.99. The van der Waals surface area contributed by atoms with E-state index in [0.29, 0.717) is 0 Å². The lowest BCUT2D eigenvalue weighted by Gasteiger charge is -2.36. The van der Waals surface area contributed by atoms with Gasteiger partial charge in [0.2, 0.25) is 0 Å². The van der Waals surface area contributed by atoms with Gasteiger partial charge in [-0.1, -0.05) is 6.92 Å². The first-order valence-corrected chi connectivity index (χ1v) is 7.46. The molecule has 20 heavy (non-hydrogen) atoms. The third-order valence-corrected chi connectivity index (χ3v) is 3.71. The van der Waals surface area contributed by atoms with Gasteiger partial charge in [-0.05, 0) is 13.3 Å². The van der Waals surface area contributed by atoms with Crippen molar-refractivity contribution in [1.82, 2.24) is 14.9 Å². The molecular formula is C14H25N5O. The molecule has 6 nitrogen and oxygen atoms in total. The van der Waals surface area contributed by atoms with E-state index >= 15 is 0 Å². The molecule has 0 saturated carbocycles. The lowest BCUT2D eigenvalue weighted by Crippen LogP contribution is -2.47. The zero-order valence-electron chi connectivity index (χ0n) is 12.5. The molecular weight excluding hydrogens is 254 g/mol. The van der Waals surface area contributed by atoms with Crippen LogP contribution in [0.2, 0.25) is 0 Å². The number of aliphatic hydroxyl groups is 1. The normalized spacial score (nSPS) is 16.4. The molecule has 6 heteroatoms. The number of aliphatic hydroxyl groups excluding tert-OH is 1. The quantitative estimate of drug-likeness (QED) is 0.794. The maximum absolute atomic E-state index is 8.99. The van der Waals surface area contributed by atoms with E-state index in [-0.39, 0.29) is 6.61 Å². The van der Waals surface area contributed by atoms with E-state index in [1.165, 1.54) is 5.56 Å². The smallest absolute Gasteiger partial charge is 0.137 e. The summed E-state index contributed by atoms with van der Waals surface area (Å²) >= 11 is 0. The molecule has 0 aliphatic carbocycles. The molecule has 2 rings (SSSR count). The molecule has 0 atom stereocenters. The second-order valence-electron chi connectivity index (χ2n) is 4.96. The fraction of sp³-hybridized carbons (Fsp3) is 0.714. The van der Waals surface area contributed by atoms with Crippen LogP contribution in [0.1, 0.15) is 19.4 Å². The second-order valence-corrected chi connectivity index (χ2v) is 4.96. The number of nitrogens with zero attached hydrogens (tertiary/aromatic N) is 4. The van der Waals surface area contributed by atoms with Gasteiger partial charge in [0, 0.05) is 44.8 Å². The van der Waals surface area contributed by atoms with E-state index in [9.17, 15) is 0 Å². The van der Waals surface area contributed by atoms with Crippen LogP contribution in [-0.2, 0) is 6.42 Å². The molecule has 2 heterocycles. The molecule has 1 saturated heterocycles. The first kappa shape index (κ1) is 15.0. The number of aromatic nitrogens is 2. The van der Waals surface area contributed by atoms with Gasteiger partial charge in [-0.15, -0.1) is 0 Å². The topological polar surface area (TPSA) is 64.5 Å². The van der Waals surface area contributed by atoms with Crippen LogP contribution in [-0.4, -0.2) is 65.8 Å². The van der Waals surface area contributed by atoms with Gasteiger partial charge in [0.1, 0.15) is 18.0 Å². The summed E-state index contributed by atoms with van der Waals surface area (Å²) in [6.45, 7) is 9.95. The Morgan fingerprint density at radius 1 is 1.20 bits per heavy atom. The highest BCUT2D eigenvalue weighted by Gasteiger charge is 2.21. The number of nitrogens with one attached hydrogen (secondary N) is 1. The molecule has 0 amide bonds. The summed E-state index contributed by atoms with van der Waals surface area (Å²) in [5.74, 6) is 2.01. The number of piperazine rings is 1. The summed E-state index contributed by atoms with van der Waals surface area (Å²) in [7, 11) is 0. The van der Waals surface area contributed by atoms with Crippen molar-refractivity contribution >= 4 is 11.6 Å². The lowest BCUT2D eigenvalue weighted by molar-refractivity contribution is 0.188. The summed E-state index contributed by atoms with van der Waals surface area (Å²) in [6.07, 6.45) is 2.57. The molecule has 0 spiro atoms. The fourth-order valence-corrected chi connectivity index (χ4v) is 2.65. The zero-order chi connectivity index (χ0) is 14.4. The third-order valence-electron chi connectivity index (χ3n) is 3.71. The minimum Gasteiger partial charge on any atom is -0.395 e. The molecule has 0 bridgehead atoms. The largest absolute Gasteiger partial charge is 0.395 e. The average Bonchev–Trinajstić information content (AvgIpc) is 2.48. The van der Waals surface area contributed by atoms with Crippen LogP contribution in [0.15, 0.2) is 6.33 Å². The number of hydrogen-bond donors (Lipinski definition) is 2. The van der Waals surface area contributed by atoms with E-state index in [2.05, 4.69) is 38.9 Å². The lowest BCUT2D eigenvalue weighted by atomic mass is 10.2. The Hall–Kier alpha value is -1.40. The highest BCUT2D eigenvalue weighted by Crippen LogP contribution is 2.24. The SMILES string of the molecule is CCNc1ncnc(N2CCN(CCO)CC2)c1CC. The molecule has 2 N–H and O–H groups in total. The Kier molecular flexibility index (Phi) is 5.55. The first-order valence-electron chi connectivity index (χ1n) is 7.46. The van der Waals surface area contributed by atoms with Gasteiger partial charge in [-0.3, -0.25) is 4.90 Å². The van der Waals surface area contributed by atoms with Crippen LogP contribution < -0.4 is 10.2 Å². The van der Waals surface area contributed by atoms with Gasteiger partial charge in [0.25, 0.3) is 0 Å². The van der Waals surface area contributed by atoms with Gasteiger partial charge < -0.3 is 15.3 Å². The zero-order valence-corrected chi connectivity index (χ0v) is 12.5. The highest BCUT2D eigenvalue weighted by atomic mass is 16.3. The van der Waals surface area contributed by atoms with E-state index in [1.54, 1.807) is 6.33 Å². The van der Waals surface area contributed by atoms with Crippen molar-refractivity contribution < 1.29 is 5.11 Å². The monoisotopic (exact) mass is 279 g/mol. The molecule has 1 aliphatic heterocycles. The van der Waals surface area contributed by atoms with E-state index < -0.39 is 0 Å². The van der Waals surface area contributed by atoms with E-state index in [0.717, 1.165) is 57.3 Å². The van der Waals surface area contributed by atoms with Gasteiger partial charge in [0.05, 0.1) is 6.61 Å². The van der Waals surface area contributed by atoms with Crippen LogP contribution in [0, 0.1) is 0 Å². The van der Waals surface area contributed by atoms with Crippen molar-refractivity contribution in [2.45, 2.75) is 20.3 Å². The average molecular weight is 279 g/mol. The van der Waals surface area contributed by atoms with Crippen molar-refractivity contribution in [3.63, 3.8) is 0 Å². The molecule has 0 radical (unpaired) electrons. The van der Waals surface area contributed by atoms with E-state index in [1.807, 2.05) is 0 Å². The van der Waals surface area contributed by atoms with Crippen LogP contribution in [0.4, 0.5) is 11.6 Å². The molecule has 1 aromatic heterocycles. The number of β-amino-alcohol motifs (C(OH)–C–C–N with tert-alkyl or cyclic N) is 1. The summed E-state index contributed by atoms with van der Waals surface area (Å²) in [5.41, 5.74) is 1.20. The summed E-state index contributed by atoms with van der Waals surface area (Å²) in [5, 5.41) is 12.3. The minimum atomic E-state index is 0.234. The second kappa shape index (κ2) is 7.40. The van der Waals surface area contributed by atoms with Crippen molar-refractivity contribution in [3.8, 4) is 0 Å². The number of hydrogen-bond acceptors (Lipinski definition) is 6. The van der Waals surface area contributed by atoms with Gasteiger partial charge in [-0.25, -0.2) is 9.97 Å². The molecule has 1 fully saturated rings. The third kappa shape index (κ3) is 3.37. The molecule has 112 valence electrons. The number of anilines is 2. The van der Waals surface area contributed by atoms with Crippen LogP contribution >= 0.6 is 0 Å². The predicted molar refractivity (Wildman–Crippen MR) is 81.3 cm³/mol. The molecule has 1 aromatic rings. The maximum Gasteiger partial charge on any atom is 0.137 e. The van der Waals surface area contributed by atoms with Gasteiger partial charge in [0.15, 0.2) is 0 Å². The Morgan fingerprint density at radius 2 is 1.95 bits per heavy atom. The summed E-state index contributed by atoms with van der Waals surface area (Å²) in [6, 6.07) is 0. The fourth-order valence-electron chi connectivity index (χ4n) is 2.65. The minimum absolute atomic E-state index is 0.234. The van der Waals surface area contributed by atoms with E-state index in [4.69, 9.17) is 5.11 Å². The van der Waals surface area contributed by atoms with Crippen LogP contribution in [0.25, 0.3) is 0 Å². The molecule has 1 aliphatic rings. The Balaban J connectivity index is 2.11. The summed E-state index contributed by atoms with van der Waals surface area (Å²) in [4.78, 5) is 13.5. The molecule has 0 unspecified atom stereocenters. The number of rotatable bonds is 6. The summed E-state index contributed by atoms with van der Waals surface area (Å²) < 4.78 is 0. The highest BCUT2D eigenvalue weighted by molar-refractivity contribution is 5.59. The van der Waals surface area contributed by atoms with Crippen molar-refractivity contribution in [2.24, 2.45) is 0 Å². The Morgan fingerprint density at radius 3 is 2.55 bits per heavy atom. The first-order chi connectivity index (χ1) is 9.80. The van der Waals surface area contributed by atoms with Gasteiger partial charge in [-0.2, -0.15) is 0 Å². The van der Waals surface area contributed by atoms with Crippen LogP contribution in [0.5, 0.6) is 0 Å². The predicted octanol–water partition coefficient (Wildman–Crippen LogP) is 0.585. The van der Waals surface area contributed by atoms with Crippen molar-refractivity contribution in [3.05, 3.63) is 11.9 Å². The van der Waals surface area contributed by atoms with Crippen molar-refractivity contribution in [2.75, 3.05) is 56.1 Å². The molecule has 0 aromatic carbocycles. The Labute approximate surface area is 120 Å². The Bertz CT molecular complexity index is 418. The van der Waals surface area contributed by atoms with Crippen LogP contribution in [0.3, 0.4) is 0 Å². The standard InChI is InChI=1S/C14H25N5O/c1-3-12-13(15-4-2)16-11-17-14(12)19-7-5-18(6-8-19)9-10-20/h11,20H,3-10H2,1-2H3,(H,15,16,17).